The number of hydrogen-bond acceptors (Lipinski definition) is 14. The molecule has 2 aliphatic heterocycles. The fourth-order valence-corrected chi connectivity index (χ4v) is 9.16. The van der Waals surface area contributed by atoms with Crippen molar-refractivity contribution in [3.63, 3.8) is 0 Å². The van der Waals surface area contributed by atoms with Gasteiger partial charge in [0.2, 0.25) is 0 Å². The highest BCUT2D eigenvalue weighted by Crippen LogP contribution is 2.27. The molecule has 0 saturated carbocycles. The van der Waals surface area contributed by atoms with E-state index in [1.807, 2.05) is 0 Å². The van der Waals surface area contributed by atoms with Crippen LogP contribution in [0.25, 0.3) is 0 Å². The topological polar surface area (TPSA) is 214 Å². The summed E-state index contributed by atoms with van der Waals surface area (Å²) in [5.41, 5.74) is 0. The third kappa shape index (κ3) is 30.5. The van der Waals surface area contributed by atoms with E-state index in [0.29, 0.717) is 13.0 Å². The van der Waals surface area contributed by atoms with Gasteiger partial charge in [-0.2, -0.15) is 0 Å². The molecule has 2 heterocycles. The van der Waals surface area contributed by atoms with Gasteiger partial charge in [-0.3, -0.25) is 4.79 Å². The molecule has 0 aromatic rings. The number of allylic oxidation sites excluding steroid dienone is 2. The average molecular weight is 989 g/mol. The van der Waals surface area contributed by atoms with Crippen molar-refractivity contribution in [2.24, 2.45) is 0 Å². The molecular weight excluding hydrogens is 885 g/mol. The monoisotopic (exact) mass is 989 g/mol. The Bertz CT molecular complexity index is 1190. The third-order valence-corrected chi connectivity index (χ3v) is 13.8. The maximum Gasteiger partial charge on any atom is 0.306 e. The predicted octanol–water partition coefficient (Wildman–Crippen LogP) is 9.41. The van der Waals surface area contributed by atoms with E-state index < -0.39 is 80.7 Å². The molecule has 0 radical (unpaired) electrons. The van der Waals surface area contributed by atoms with Crippen molar-refractivity contribution in [1.82, 2.24) is 0 Å². The molecule has 14 heteroatoms. The minimum atomic E-state index is -1.70. The van der Waals surface area contributed by atoms with Crippen molar-refractivity contribution in [3.05, 3.63) is 12.2 Å². The maximum absolute atomic E-state index is 13.0. The van der Waals surface area contributed by atoms with E-state index >= 15 is 0 Å². The summed E-state index contributed by atoms with van der Waals surface area (Å²) in [6.07, 6.45) is 29.8. The van der Waals surface area contributed by atoms with Crippen molar-refractivity contribution in [2.45, 2.75) is 300 Å². The van der Waals surface area contributed by atoms with Crippen LogP contribution >= 0.6 is 0 Å². The summed E-state index contributed by atoms with van der Waals surface area (Å²) in [6, 6.07) is 0. The van der Waals surface area contributed by atoms with Crippen LogP contribution in [-0.2, 0) is 33.2 Å². The molecule has 2 fully saturated rings. The van der Waals surface area contributed by atoms with Crippen molar-refractivity contribution >= 4 is 5.97 Å². The molecule has 0 spiro atoms. The summed E-state index contributed by atoms with van der Waals surface area (Å²) >= 11 is 0. The summed E-state index contributed by atoms with van der Waals surface area (Å²) < 4.78 is 34.4. The second-order valence-electron chi connectivity index (χ2n) is 20.1. The molecule has 2 saturated heterocycles. The zero-order chi connectivity index (χ0) is 50.2. The van der Waals surface area contributed by atoms with Gasteiger partial charge in [0.1, 0.15) is 54.9 Å². The fraction of sp³-hybridized carbons (Fsp3) is 0.945. The Kier molecular flexibility index (Phi) is 39.9. The van der Waals surface area contributed by atoms with E-state index in [1.165, 1.54) is 161 Å². The van der Waals surface area contributed by atoms with Gasteiger partial charge in [0.15, 0.2) is 12.6 Å². The molecule has 11 atom stereocenters. The van der Waals surface area contributed by atoms with Crippen LogP contribution in [0.2, 0.25) is 0 Å². The molecular formula is C55H104O14. The van der Waals surface area contributed by atoms with Crippen LogP contribution in [0.15, 0.2) is 12.2 Å². The van der Waals surface area contributed by atoms with Gasteiger partial charge < -0.3 is 64.2 Å². The van der Waals surface area contributed by atoms with Crippen LogP contribution in [0.4, 0.5) is 0 Å². The third-order valence-electron chi connectivity index (χ3n) is 13.8. The summed E-state index contributed by atoms with van der Waals surface area (Å²) in [5, 5.41) is 72.3. The van der Waals surface area contributed by atoms with Gasteiger partial charge in [-0.25, -0.2) is 0 Å². The van der Waals surface area contributed by atoms with E-state index in [0.717, 1.165) is 44.9 Å². The van der Waals surface area contributed by atoms with Crippen molar-refractivity contribution < 1.29 is 69.0 Å². The fourth-order valence-electron chi connectivity index (χ4n) is 9.16. The van der Waals surface area contributed by atoms with Gasteiger partial charge >= 0.3 is 5.97 Å². The minimum Gasteiger partial charge on any atom is -0.457 e. The first kappa shape index (κ1) is 63.8. The Morgan fingerprint density at radius 2 is 0.855 bits per heavy atom. The van der Waals surface area contributed by atoms with Crippen LogP contribution in [0, 0.1) is 0 Å². The molecule has 2 aliphatic rings. The SMILES string of the molecule is CCCCCCCCC/C=C\CCCCCCCCOCC(COC1OC(COC2OC(CO)C(O)C(O)C2O)C(O)C(O)C1O)OC(=O)CCCCCCCCCCCCCCCCCCCC. The second-order valence-corrected chi connectivity index (χ2v) is 20.1. The molecule has 0 aromatic carbocycles. The Hall–Kier alpha value is -1.27. The number of aliphatic hydroxyl groups is 7. The predicted molar refractivity (Wildman–Crippen MR) is 271 cm³/mol. The van der Waals surface area contributed by atoms with Gasteiger partial charge in [-0.05, 0) is 38.5 Å². The second kappa shape index (κ2) is 43.2. The van der Waals surface area contributed by atoms with E-state index in [1.54, 1.807) is 0 Å². The van der Waals surface area contributed by atoms with E-state index in [2.05, 4.69) is 26.0 Å². The number of aliphatic hydroxyl groups excluding tert-OH is 7. The van der Waals surface area contributed by atoms with Gasteiger partial charge in [0.05, 0.1) is 26.4 Å². The number of hydrogen-bond donors (Lipinski definition) is 7. The summed E-state index contributed by atoms with van der Waals surface area (Å²) in [7, 11) is 0. The van der Waals surface area contributed by atoms with Gasteiger partial charge in [0.25, 0.3) is 0 Å². The number of ether oxygens (including phenoxy) is 6. The molecule has 11 unspecified atom stereocenters. The molecule has 0 aromatic heterocycles. The van der Waals surface area contributed by atoms with E-state index in [-0.39, 0.29) is 25.6 Å². The Morgan fingerprint density at radius 3 is 1.32 bits per heavy atom. The summed E-state index contributed by atoms with van der Waals surface area (Å²) in [4.78, 5) is 13.0. The number of carbonyl (C=O) groups excluding carboxylic acids is 1. The number of carbonyl (C=O) groups is 1. The van der Waals surface area contributed by atoms with Crippen LogP contribution in [0.1, 0.15) is 232 Å². The van der Waals surface area contributed by atoms with Crippen molar-refractivity contribution in [2.75, 3.05) is 33.0 Å². The lowest BCUT2D eigenvalue weighted by atomic mass is 9.98. The van der Waals surface area contributed by atoms with Crippen LogP contribution < -0.4 is 0 Å². The highest BCUT2D eigenvalue weighted by Gasteiger charge is 2.47. The average Bonchev–Trinajstić information content (AvgIpc) is 3.35. The lowest BCUT2D eigenvalue weighted by Gasteiger charge is -2.42. The van der Waals surface area contributed by atoms with Gasteiger partial charge in [0, 0.05) is 13.0 Å². The zero-order valence-corrected chi connectivity index (χ0v) is 43.6. The lowest BCUT2D eigenvalue weighted by molar-refractivity contribution is -0.332. The van der Waals surface area contributed by atoms with E-state index in [9.17, 15) is 40.5 Å². The highest BCUT2D eigenvalue weighted by atomic mass is 16.7. The van der Waals surface area contributed by atoms with Gasteiger partial charge in [-0.15, -0.1) is 0 Å². The number of rotatable bonds is 46. The first-order valence-electron chi connectivity index (χ1n) is 28.3. The van der Waals surface area contributed by atoms with Crippen LogP contribution in [0.3, 0.4) is 0 Å². The van der Waals surface area contributed by atoms with Crippen LogP contribution in [0.5, 0.6) is 0 Å². The summed E-state index contributed by atoms with van der Waals surface area (Å²) in [5.74, 6) is -0.372. The number of esters is 1. The lowest BCUT2D eigenvalue weighted by Crippen LogP contribution is -2.61. The Labute approximate surface area is 418 Å². The van der Waals surface area contributed by atoms with Crippen LogP contribution in [-0.4, -0.2) is 142 Å². The largest absolute Gasteiger partial charge is 0.457 e. The molecule has 0 bridgehead atoms. The molecule has 408 valence electrons. The number of unbranched alkanes of at least 4 members (excludes halogenated alkanes) is 30. The molecule has 14 nitrogen and oxygen atoms in total. The molecule has 2 rings (SSSR count). The molecule has 7 N–H and O–H groups in total. The van der Waals surface area contributed by atoms with Gasteiger partial charge in [-0.1, -0.05) is 199 Å². The molecule has 0 amide bonds. The Balaban J connectivity index is 1.73. The van der Waals surface area contributed by atoms with E-state index in [4.69, 9.17) is 28.4 Å². The standard InChI is InChI=1S/C55H104O14/c1-3-5-7-9-11-13-15-17-19-21-22-24-26-28-30-32-34-36-38-47(57)67-44(41-64-39-37-35-33-31-29-27-25-23-20-18-16-14-12-10-8-6-4-2)42-65-54-53(63)51(61)49(59)46(69-54)43-66-55-52(62)50(60)48(58)45(40-56)68-55/h20,23,44-46,48-56,58-63H,3-19,21-22,24-43H2,1-2H3/b23-20-. The first-order chi connectivity index (χ1) is 33.6. The molecule has 69 heavy (non-hydrogen) atoms. The zero-order valence-electron chi connectivity index (χ0n) is 43.6. The van der Waals surface area contributed by atoms with Crippen molar-refractivity contribution in [3.8, 4) is 0 Å². The quantitative estimate of drug-likeness (QED) is 0.0172. The smallest absolute Gasteiger partial charge is 0.306 e. The highest BCUT2D eigenvalue weighted by molar-refractivity contribution is 5.69. The summed E-state index contributed by atoms with van der Waals surface area (Å²) in [6.45, 7) is 3.72. The van der Waals surface area contributed by atoms with Crippen molar-refractivity contribution in [1.29, 1.82) is 0 Å². The maximum atomic E-state index is 13.0. The molecule has 0 aliphatic carbocycles. The Morgan fingerprint density at radius 1 is 0.464 bits per heavy atom. The first-order valence-corrected chi connectivity index (χ1v) is 28.3. The normalized spacial score (nSPS) is 25.7. The minimum absolute atomic E-state index is 0.0632.